The molecule has 174 valence electrons. The van der Waals surface area contributed by atoms with Gasteiger partial charge in [0, 0.05) is 30.8 Å². The molecule has 0 spiro atoms. The molecule has 5 rings (SSSR count). The van der Waals surface area contributed by atoms with Gasteiger partial charge in [0.25, 0.3) is 0 Å². The molecule has 1 aromatic heterocycles. The van der Waals surface area contributed by atoms with Crippen LogP contribution >= 0.6 is 0 Å². The van der Waals surface area contributed by atoms with Gasteiger partial charge in [0.05, 0.1) is 9.79 Å². The predicted octanol–water partition coefficient (Wildman–Crippen LogP) is 2.44. The van der Waals surface area contributed by atoms with Crippen LogP contribution in [0.5, 0.6) is 11.5 Å². The number of benzene rings is 2. The maximum absolute atomic E-state index is 13.0. The quantitative estimate of drug-likeness (QED) is 0.528. The number of rotatable bonds is 5. The second kappa shape index (κ2) is 8.12. The minimum atomic E-state index is -3.82. The Morgan fingerprint density at radius 1 is 0.939 bits per heavy atom. The molecule has 2 aliphatic heterocycles. The van der Waals surface area contributed by atoms with Gasteiger partial charge in [0.15, 0.2) is 21.3 Å². The SMILES string of the molecule is CS(=O)(=O)c1cccc(S(=O)(=O)N2CCC(c3nc(-c4ccc5c(c4)OCO5)no3)CC2)c1. The summed E-state index contributed by atoms with van der Waals surface area (Å²) < 4.78 is 67.2. The smallest absolute Gasteiger partial charge is 0.243 e. The molecule has 1 saturated heterocycles. The molecule has 33 heavy (non-hydrogen) atoms. The molecule has 0 aliphatic carbocycles. The molecule has 3 heterocycles. The largest absolute Gasteiger partial charge is 0.454 e. The summed E-state index contributed by atoms with van der Waals surface area (Å²) in [6, 6.07) is 10.8. The number of sulfonamides is 1. The van der Waals surface area contributed by atoms with Crippen molar-refractivity contribution in [3.63, 3.8) is 0 Å². The highest BCUT2D eigenvalue weighted by molar-refractivity contribution is 7.91. The van der Waals surface area contributed by atoms with Gasteiger partial charge in [-0.05, 0) is 49.2 Å². The summed E-state index contributed by atoms with van der Waals surface area (Å²) in [5, 5.41) is 4.06. The van der Waals surface area contributed by atoms with E-state index in [1.807, 2.05) is 6.07 Å². The third-order valence-corrected chi connectivity index (χ3v) is 8.75. The van der Waals surface area contributed by atoms with Crippen LogP contribution in [0.15, 0.2) is 56.8 Å². The Hall–Kier alpha value is -2.96. The second-order valence-electron chi connectivity index (χ2n) is 7.95. The van der Waals surface area contributed by atoms with Crippen LogP contribution in [-0.4, -0.2) is 57.4 Å². The van der Waals surface area contributed by atoms with Crippen molar-refractivity contribution in [3.05, 3.63) is 48.4 Å². The zero-order valence-corrected chi connectivity index (χ0v) is 19.3. The van der Waals surface area contributed by atoms with E-state index in [0.717, 1.165) is 11.8 Å². The second-order valence-corrected chi connectivity index (χ2v) is 11.9. The van der Waals surface area contributed by atoms with Gasteiger partial charge in [-0.3, -0.25) is 0 Å². The molecular formula is C21H21N3O7S2. The van der Waals surface area contributed by atoms with Gasteiger partial charge in [0.1, 0.15) is 0 Å². The third kappa shape index (κ3) is 4.21. The van der Waals surface area contributed by atoms with Crippen molar-refractivity contribution in [1.29, 1.82) is 0 Å². The first-order valence-corrected chi connectivity index (χ1v) is 13.6. The number of fused-ring (bicyclic) bond motifs is 1. The summed E-state index contributed by atoms with van der Waals surface area (Å²) in [5.41, 5.74) is 0.736. The molecule has 0 N–H and O–H groups in total. The van der Waals surface area contributed by atoms with E-state index in [9.17, 15) is 16.8 Å². The van der Waals surface area contributed by atoms with E-state index in [1.165, 1.54) is 28.6 Å². The number of hydrogen-bond donors (Lipinski definition) is 0. The van der Waals surface area contributed by atoms with Crippen molar-refractivity contribution in [2.75, 3.05) is 26.1 Å². The Morgan fingerprint density at radius 3 is 2.42 bits per heavy atom. The molecular weight excluding hydrogens is 470 g/mol. The van der Waals surface area contributed by atoms with Gasteiger partial charge < -0.3 is 14.0 Å². The molecule has 0 unspecified atom stereocenters. The maximum Gasteiger partial charge on any atom is 0.243 e. The van der Waals surface area contributed by atoms with Crippen LogP contribution in [0.2, 0.25) is 0 Å². The maximum atomic E-state index is 13.0. The molecule has 0 bridgehead atoms. The van der Waals surface area contributed by atoms with E-state index in [1.54, 1.807) is 12.1 Å². The number of aromatic nitrogens is 2. The molecule has 0 radical (unpaired) electrons. The molecule has 0 atom stereocenters. The van der Waals surface area contributed by atoms with Crippen LogP contribution in [0.1, 0.15) is 24.7 Å². The minimum absolute atomic E-state index is 0.0274. The Bertz CT molecular complexity index is 1410. The average Bonchev–Trinajstić information content (AvgIpc) is 3.48. The summed E-state index contributed by atoms with van der Waals surface area (Å²) >= 11 is 0. The lowest BCUT2D eigenvalue weighted by Crippen LogP contribution is -2.38. The fraction of sp³-hybridized carbons (Fsp3) is 0.333. The molecule has 3 aromatic rings. The normalized spacial score (nSPS) is 17.4. The molecule has 2 aromatic carbocycles. The number of ether oxygens (including phenoxy) is 2. The van der Waals surface area contributed by atoms with Crippen molar-refractivity contribution >= 4 is 19.9 Å². The van der Waals surface area contributed by atoms with Crippen molar-refractivity contribution in [3.8, 4) is 22.9 Å². The lowest BCUT2D eigenvalue weighted by molar-refractivity contribution is 0.174. The highest BCUT2D eigenvalue weighted by Gasteiger charge is 2.32. The molecule has 12 heteroatoms. The fourth-order valence-corrected chi connectivity index (χ4v) is 6.17. The average molecular weight is 492 g/mol. The van der Waals surface area contributed by atoms with E-state index >= 15 is 0 Å². The summed E-state index contributed by atoms with van der Waals surface area (Å²) in [6.45, 7) is 0.700. The van der Waals surface area contributed by atoms with Gasteiger partial charge in [-0.15, -0.1) is 0 Å². The summed E-state index contributed by atoms with van der Waals surface area (Å²) in [5.74, 6) is 2.10. The number of nitrogens with zero attached hydrogens (tertiary/aromatic N) is 3. The van der Waals surface area contributed by atoms with E-state index in [0.29, 0.717) is 36.1 Å². The lowest BCUT2D eigenvalue weighted by atomic mass is 9.98. The van der Waals surface area contributed by atoms with Gasteiger partial charge >= 0.3 is 0 Å². The monoisotopic (exact) mass is 491 g/mol. The van der Waals surface area contributed by atoms with E-state index in [4.69, 9.17) is 14.0 Å². The highest BCUT2D eigenvalue weighted by Crippen LogP contribution is 2.36. The minimum Gasteiger partial charge on any atom is -0.454 e. The first-order chi connectivity index (χ1) is 15.7. The van der Waals surface area contributed by atoms with Crippen LogP contribution in [0.4, 0.5) is 0 Å². The molecule has 2 aliphatic rings. The van der Waals surface area contributed by atoms with Gasteiger partial charge in [-0.25, -0.2) is 16.8 Å². The zero-order valence-electron chi connectivity index (χ0n) is 17.7. The topological polar surface area (TPSA) is 129 Å². The first-order valence-electron chi connectivity index (χ1n) is 10.3. The van der Waals surface area contributed by atoms with Crippen LogP contribution in [0.25, 0.3) is 11.4 Å². The molecule has 0 amide bonds. The van der Waals surface area contributed by atoms with Crippen molar-refractivity contribution in [2.45, 2.75) is 28.6 Å². The van der Waals surface area contributed by atoms with Gasteiger partial charge in [-0.1, -0.05) is 11.2 Å². The van der Waals surface area contributed by atoms with Crippen LogP contribution in [0, 0.1) is 0 Å². The third-order valence-electron chi connectivity index (χ3n) is 5.75. The number of sulfone groups is 1. The van der Waals surface area contributed by atoms with Crippen molar-refractivity contribution in [1.82, 2.24) is 14.4 Å². The van der Waals surface area contributed by atoms with Crippen LogP contribution in [0.3, 0.4) is 0 Å². The molecule has 1 fully saturated rings. The Balaban J connectivity index is 1.29. The van der Waals surface area contributed by atoms with E-state index in [2.05, 4.69) is 10.1 Å². The zero-order chi connectivity index (χ0) is 23.2. The number of piperidine rings is 1. The lowest BCUT2D eigenvalue weighted by Gasteiger charge is -2.29. The Kier molecular flexibility index (Phi) is 5.38. The Morgan fingerprint density at radius 2 is 1.67 bits per heavy atom. The van der Waals surface area contributed by atoms with Gasteiger partial charge in [-0.2, -0.15) is 9.29 Å². The molecule has 0 saturated carbocycles. The summed E-state index contributed by atoms with van der Waals surface area (Å²) in [6.07, 6.45) is 2.06. The standard InChI is InChI=1S/C21H21N3O7S2/c1-32(25,26)16-3-2-4-17(12-16)33(27,28)24-9-7-14(8-10-24)21-22-20(23-31-21)15-5-6-18-19(11-15)30-13-29-18/h2-6,11-12,14H,7-10,13H2,1H3. The van der Waals surface area contributed by atoms with Gasteiger partial charge in [0.2, 0.25) is 28.5 Å². The van der Waals surface area contributed by atoms with E-state index < -0.39 is 19.9 Å². The highest BCUT2D eigenvalue weighted by atomic mass is 32.2. The fourth-order valence-electron chi connectivity index (χ4n) is 3.91. The summed E-state index contributed by atoms with van der Waals surface area (Å²) in [4.78, 5) is 4.44. The summed E-state index contributed by atoms with van der Waals surface area (Å²) in [7, 11) is -7.33. The van der Waals surface area contributed by atoms with E-state index in [-0.39, 0.29) is 35.6 Å². The number of hydrogen-bond acceptors (Lipinski definition) is 9. The van der Waals surface area contributed by atoms with Crippen molar-refractivity contribution < 1.29 is 30.8 Å². The predicted molar refractivity (Wildman–Crippen MR) is 116 cm³/mol. The van der Waals surface area contributed by atoms with Crippen LogP contribution in [-0.2, 0) is 19.9 Å². The van der Waals surface area contributed by atoms with Crippen molar-refractivity contribution in [2.24, 2.45) is 0 Å². The molecule has 10 nitrogen and oxygen atoms in total. The van der Waals surface area contributed by atoms with Crippen LogP contribution < -0.4 is 9.47 Å². The Labute approximate surface area is 191 Å². The first kappa shape index (κ1) is 21.9.